The molecule has 0 spiro atoms. The summed E-state index contributed by atoms with van der Waals surface area (Å²) in [5.74, 6) is 1.60. The monoisotopic (exact) mass is 150 g/mol. The van der Waals surface area contributed by atoms with Gasteiger partial charge in [-0.25, -0.2) is 4.98 Å². The van der Waals surface area contributed by atoms with Gasteiger partial charge in [-0.3, -0.25) is 4.79 Å². The molecule has 1 aromatic rings. The summed E-state index contributed by atoms with van der Waals surface area (Å²) in [6.45, 7) is 0. The highest BCUT2D eigenvalue weighted by atomic mass is 16.1. The number of nitrogen functional groups attached to an aromatic ring is 1. The highest BCUT2D eigenvalue weighted by molar-refractivity contribution is 5.93. The van der Waals surface area contributed by atoms with Crippen molar-refractivity contribution in [3.63, 3.8) is 0 Å². The summed E-state index contributed by atoms with van der Waals surface area (Å²) in [6.07, 6.45) is 5.02. The normalized spacial score (nSPS) is 9.00. The summed E-state index contributed by atoms with van der Waals surface area (Å²) in [5, 5.41) is 0. The number of hydrogen-bond donors (Lipinski definition) is 3. The third-order valence-electron chi connectivity index (χ3n) is 1.10. The van der Waals surface area contributed by atoms with E-state index in [0.29, 0.717) is 0 Å². The average Bonchev–Trinajstić information content (AvgIpc) is 2.30. The number of carbonyl (C=O) groups excluding carboxylic acids is 1. The molecule has 5 heteroatoms. The zero-order valence-corrected chi connectivity index (χ0v) is 5.59. The number of amides is 1. The van der Waals surface area contributed by atoms with Crippen LogP contribution in [-0.2, 0) is 0 Å². The van der Waals surface area contributed by atoms with Crippen molar-refractivity contribution in [1.82, 2.24) is 9.97 Å². The molecule has 0 fully saturated rings. The molecule has 11 heavy (non-hydrogen) atoms. The molecule has 1 amide bonds. The maximum Gasteiger partial charge on any atom is 0.270 e. The fourth-order valence-electron chi connectivity index (χ4n) is 0.674. The summed E-state index contributed by atoms with van der Waals surface area (Å²) < 4.78 is 0. The molecule has 0 atom stereocenters. The van der Waals surface area contributed by atoms with E-state index in [0.717, 1.165) is 0 Å². The van der Waals surface area contributed by atoms with Crippen LogP contribution in [0.25, 0.3) is 0 Å². The minimum atomic E-state index is -0.689. The Hall–Kier alpha value is -1.96. The van der Waals surface area contributed by atoms with Crippen molar-refractivity contribution in [2.45, 2.75) is 0 Å². The van der Waals surface area contributed by atoms with Crippen molar-refractivity contribution in [1.29, 1.82) is 0 Å². The van der Waals surface area contributed by atoms with Gasteiger partial charge >= 0.3 is 0 Å². The first-order valence-electron chi connectivity index (χ1n) is 2.77. The van der Waals surface area contributed by atoms with Crippen molar-refractivity contribution < 1.29 is 4.79 Å². The van der Waals surface area contributed by atoms with Gasteiger partial charge in [0.15, 0.2) is 11.6 Å². The predicted molar refractivity (Wildman–Crippen MR) is 39.5 cm³/mol. The Labute approximate surface area is 62.8 Å². The molecule has 1 heterocycles. The zero-order chi connectivity index (χ0) is 8.43. The molecule has 0 radical (unpaired) electrons. The minimum Gasteiger partial charge on any atom is -0.369 e. The molecule has 0 saturated heterocycles. The molecule has 1 rings (SSSR count). The number of rotatable bonds is 1. The standard InChI is InChI=1S/C6H6N4O/c1-2-3-4(5(7)11)10-6(8)9-3/h1H,(H2,7,11)(H3,8,9,10). The van der Waals surface area contributed by atoms with Crippen molar-refractivity contribution >= 4 is 11.9 Å². The maximum atomic E-state index is 10.6. The van der Waals surface area contributed by atoms with E-state index in [-0.39, 0.29) is 17.3 Å². The predicted octanol–water partition coefficient (Wildman–Crippen LogP) is -0.928. The Kier molecular flexibility index (Phi) is 1.52. The van der Waals surface area contributed by atoms with E-state index in [1.165, 1.54) is 0 Å². The second-order valence-corrected chi connectivity index (χ2v) is 1.85. The number of nitrogens with two attached hydrogens (primary N) is 2. The molecule has 0 aromatic carbocycles. The molecule has 0 bridgehead atoms. The lowest BCUT2D eigenvalue weighted by molar-refractivity contribution is 0.0996. The van der Waals surface area contributed by atoms with E-state index in [1.54, 1.807) is 0 Å². The highest BCUT2D eigenvalue weighted by Gasteiger charge is 2.10. The minimum absolute atomic E-state index is 0.00463. The first-order chi connectivity index (χ1) is 5.15. The van der Waals surface area contributed by atoms with Gasteiger partial charge in [-0.05, 0) is 5.92 Å². The number of carbonyl (C=O) groups is 1. The number of primary amides is 1. The lowest BCUT2D eigenvalue weighted by Crippen LogP contribution is -2.13. The third kappa shape index (κ3) is 1.14. The molecule has 0 aliphatic heterocycles. The van der Waals surface area contributed by atoms with Crippen LogP contribution in [0.4, 0.5) is 5.95 Å². The summed E-state index contributed by atoms with van der Waals surface area (Å²) in [6, 6.07) is 0. The number of nitrogens with one attached hydrogen (secondary N) is 1. The molecule has 5 nitrogen and oxygen atoms in total. The largest absolute Gasteiger partial charge is 0.369 e. The van der Waals surface area contributed by atoms with Crippen molar-refractivity contribution in [2.75, 3.05) is 5.73 Å². The summed E-state index contributed by atoms with van der Waals surface area (Å²) in [4.78, 5) is 16.7. The van der Waals surface area contributed by atoms with Crippen LogP contribution in [0.15, 0.2) is 0 Å². The number of aromatic amines is 1. The number of anilines is 1. The number of terminal acetylenes is 1. The second kappa shape index (κ2) is 2.34. The second-order valence-electron chi connectivity index (χ2n) is 1.85. The number of H-pyrrole nitrogens is 1. The molecular formula is C6H6N4O. The van der Waals surface area contributed by atoms with Gasteiger partial charge < -0.3 is 16.5 Å². The summed E-state index contributed by atoms with van der Waals surface area (Å²) in [7, 11) is 0. The molecule has 1 aromatic heterocycles. The molecule has 0 aliphatic carbocycles. The molecule has 56 valence electrons. The van der Waals surface area contributed by atoms with E-state index in [2.05, 4.69) is 15.9 Å². The lowest BCUT2D eigenvalue weighted by atomic mass is 10.3. The Morgan fingerprint density at radius 3 is 2.73 bits per heavy atom. The molecule has 0 unspecified atom stereocenters. The number of nitrogens with zero attached hydrogens (tertiary/aromatic N) is 1. The smallest absolute Gasteiger partial charge is 0.270 e. The van der Waals surface area contributed by atoms with Crippen LogP contribution >= 0.6 is 0 Å². The van der Waals surface area contributed by atoms with Crippen molar-refractivity contribution in [2.24, 2.45) is 5.73 Å². The topological polar surface area (TPSA) is 97.8 Å². The van der Waals surface area contributed by atoms with Crippen molar-refractivity contribution in [3.8, 4) is 12.3 Å². The highest BCUT2D eigenvalue weighted by Crippen LogP contribution is 2.04. The van der Waals surface area contributed by atoms with Crippen molar-refractivity contribution in [3.05, 3.63) is 11.4 Å². The number of imidazole rings is 1. The van der Waals surface area contributed by atoms with E-state index in [9.17, 15) is 4.79 Å². The third-order valence-corrected chi connectivity index (χ3v) is 1.10. The van der Waals surface area contributed by atoms with Crippen LogP contribution in [0.1, 0.15) is 16.2 Å². The van der Waals surface area contributed by atoms with Gasteiger partial charge in [0.1, 0.15) is 5.69 Å². The van der Waals surface area contributed by atoms with Gasteiger partial charge in [0.05, 0.1) is 0 Å². The SMILES string of the molecule is C#Cc1[nH]c(N)nc1C(N)=O. The molecule has 0 aliphatic rings. The Balaban J connectivity index is 3.26. The molecule has 0 saturated carbocycles. The number of aromatic nitrogens is 2. The van der Waals surface area contributed by atoms with E-state index in [4.69, 9.17) is 17.9 Å². The van der Waals surface area contributed by atoms with E-state index >= 15 is 0 Å². The van der Waals surface area contributed by atoms with Crippen LogP contribution in [0.2, 0.25) is 0 Å². The van der Waals surface area contributed by atoms with E-state index in [1.807, 2.05) is 0 Å². The first kappa shape index (κ1) is 7.15. The average molecular weight is 150 g/mol. The molecular weight excluding hydrogens is 144 g/mol. The maximum absolute atomic E-state index is 10.6. The Morgan fingerprint density at radius 1 is 1.73 bits per heavy atom. The first-order valence-corrected chi connectivity index (χ1v) is 2.77. The number of hydrogen-bond acceptors (Lipinski definition) is 3. The van der Waals surface area contributed by atoms with Gasteiger partial charge in [0.25, 0.3) is 5.91 Å². The molecule has 5 N–H and O–H groups in total. The van der Waals surface area contributed by atoms with Gasteiger partial charge in [-0.1, -0.05) is 0 Å². The lowest BCUT2D eigenvalue weighted by Gasteiger charge is -1.85. The van der Waals surface area contributed by atoms with Crippen LogP contribution in [0.3, 0.4) is 0 Å². The van der Waals surface area contributed by atoms with Crippen LogP contribution in [0, 0.1) is 12.3 Å². The Morgan fingerprint density at radius 2 is 2.36 bits per heavy atom. The van der Waals surface area contributed by atoms with Gasteiger partial charge in [0.2, 0.25) is 0 Å². The summed E-state index contributed by atoms with van der Waals surface area (Å²) in [5.41, 5.74) is 10.4. The zero-order valence-electron chi connectivity index (χ0n) is 5.59. The van der Waals surface area contributed by atoms with Gasteiger partial charge in [0, 0.05) is 0 Å². The van der Waals surface area contributed by atoms with Crippen LogP contribution in [0.5, 0.6) is 0 Å². The summed E-state index contributed by atoms with van der Waals surface area (Å²) >= 11 is 0. The fraction of sp³-hybridized carbons (Fsp3) is 0. The van der Waals surface area contributed by atoms with Crippen LogP contribution in [-0.4, -0.2) is 15.9 Å². The van der Waals surface area contributed by atoms with Crippen LogP contribution < -0.4 is 11.5 Å². The quantitative estimate of drug-likeness (QED) is 0.451. The van der Waals surface area contributed by atoms with E-state index < -0.39 is 5.91 Å². The Bertz CT molecular complexity index is 333. The van der Waals surface area contributed by atoms with Gasteiger partial charge in [-0.2, -0.15) is 0 Å². The van der Waals surface area contributed by atoms with Gasteiger partial charge in [-0.15, -0.1) is 6.42 Å². The fourth-order valence-corrected chi connectivity index (χ4v) is 0.674.